The summed E-state index contributed by atoms with van der Waals surface area (Å²) in [6.45, 7) is 8.24. The number of allylic oxidation sites excluding steroid dienone is 3. The van der Waals surface area contributed by atoms with Crippen molar-refractivity contribution < 1.29 is 0 Å². The summed E-state index contributed by atoms with van der Waals surface area (Å²) in [5.74, 6) is 0. The molecule has 0 spiro atoms. The predicted octanol–water partition coefficient (Wildman–Crippen LogP) is 10.5. The van der Waals surface area contributed by atoms with Crippen LogP contribution in [0, 0.1) is 0 Å². The number of hydrogen-bond donors (Lipinski definition) is 0. The third kappa shape index (κ3) is 3.63. The summed E-state index contributed by atoms with van der Waals surface area (Å²) < 4.78 is 0. The van der Waals surface area contributed by atoms with E-state index in [2.05, 4.69) is 136 Å². The van der Waals surface area contributed by atoms with Gasteiger partial charge < -0.3 is 0 Å². The second-order valence-corrected chi connectivity index (χ2v) is 9.50. The maximum atomic E-state index is 3.95. The van der Waals surface area contributed by atoms with E-state index in [-0.39, 0.29) is 0 Å². The van der Waals surface area contributed by atoms with E-state index in [1.54, 1.807) is 0 Å². The van der Waals surface area contributed by atoms with E-state index in [1.165, 1.54) is 71.3 Å². The van der Waals surface area contributed by atoms with Crippen LogP contribution < -0.4 is 0 Å². The Morgan fingerprint density at radius 1 is 0.528 bits per heavy atom. The summed E-state index contributed by atoms with van der Waals surface area (Å²) in [7, 11) is 0. The van der Waals surface area contributed by atoms with Gasteiger partial charge in [0.05, 0.1) is 0 Å². The lowest BCUT2D eigenvalue weighted by atomic mass is 9.85. The Balaban J connectivity index is 1.67. The Bertz CT molecular complexity index is 1740. The van der Waals surface area contributed by atoms with Crippen molar-refractivity contribution in [3.63, 3.8) is 0 Å². The van der Waals surface area contributed by atoms with Crippen LogP contribution in [0.3, 0.4) is 0 Å². The van der Waals surface area contributed by atoms with Gasteiger partial charge in [0.2, 0.25) is 0 Å². The monoisotopic (exact) mass is 460 g/mol. The van der Waals surface area contributed by atoms with Gasteiger partial charge in [0.25, 0.3) is 0 Å². The molecule has 6 rings (SSSR count). The zero-order valence-corrected chi connectivity index (χ0v) is 20.8. The Morgan fingerprint density at radius 3 is 1.64 bits per heavy atom. The summed E-state index contributed by atoms with van der Waals surface area (Å²) in [5.41, 5.74) is 8.80. The van der Waals surface area contributed by atoms with Crippen molar-refractivity contribution in [3.8, 4) is 22.3 Å². The maximum Gasteiger partial charge on any atom is -0.00262 e. The third-order valence-corrected chi connectivity index (χ3v) is 7.45. The first-order valence-corrected chi connectivity index (χ1v) is 12.5. The first kappa shape index (κ1) is 22.1. The molecule has 0 radical (unpaired) electrons. The Labute approximate surface area is 212 Å². The van der Waals surface area contributed by atoms with Crippen molar-refractivity contribution >= 4 is 37.9 Å². The molecule has 0 fully saturated rings. The van der Waals surface area contributed by atoms with Crippen LogP contribution in [0.15, 0.2) is 133 Å². The number of fused-ring (bicyclic) bond motifs is 3. The van der Waals surface area contributed by atoms with Crippen LogP contribution in [0.25, 0.3) is 60.1 Å². The first-order chi connectivity index (χ1) is 17.7. The molecule has 0 aliphatic carbocycles. The van der Waals surface area contributed by atoms with Crippen LogP contribution in [0.2, 0.25) is 0 Å². The van der Waals surface area contributed by atoms with E-state index in [9.17, 15) is 0 Å². The summed E-state index contributed by atoms with van der Waals surface area (Å²) in [6, 6.07) is 42.1. The van der Waals surface area contributed by atoms with Gasteiger partial charge in [-0.2, -0.15) is 0 Å². The normalized spacial score (nSPS) is 12.2. The molecule has 36 heavy (non-hydrogen) atoms. The second-order valence-electron chi connectivity index (χ2n) is 9.50. The Morgan fingerprint density at radius 2 is 1.06 bits per heavy atom. The van der Waals surface area contributed by atoms with Crippen molar-refractivity contribution in [1.82, 2.24) is 0 Å². The van der Waals surface area contributed by atoms with E-state index in [4.69, 9.17) is 0 Å². The molecule has 0 heterocycles. The molecule has 0 aromatic heterocycles. The van der Waals surface area contributed by atoms with Gasteiger partial charge in [-0.1, -0.05) is 116 Å². The highest BCUT2D eigenvalue weighted by Crippen LogP contribution is 2.44. The molecule has 0 aliphatic heterocycles. The molecule has 0 heteroatoms. The van der Waals surface area contributed by atoms with Crippen molar-refractivity contribution in [2.75, 3.05) is 0 Å². The van der Waals surface area contributed by atoms with Gasteiger partial charge >= 0.3 is 0 Å². The fourth-order valence-corrected chi connectivity index (χ4v) is 5.37. The van der Waals surface area contributed by atoms with Gasteiger partial charge in [-0.3, -0.25) is 0 Å². The van der Waals surface area contributed by atoms with Gasteiger partial charge in [-0.15, -0.1) is 0 Å². The number of benzene rings is 6. The fraction of sp³-hybridized carbons (Fsp3) is 0.0556. The molecule has 0 nitrogen and oxygen atoms in total. The van der Waals surface area contributed by atoms with Crippen LogP contribution in [0.1, 0.15) is 19.4 Å². The number of hydrogen-bond acceptors (Lipinski definition) is 0. The third-order valence-electron chi connectivity index (χ3n) is 7.45. The molecule has 0 amide bonds. The predicted molar refractivity (Wildman–Crippen MR) is 158 cm³/mol. The topological polar surface area (TPSA) is 0 Å². The lowest BCUT2D eigenvalue weighted by Gasteiger charge is -2.18. The van der Waals surface area contributed by atoms with Gasteiger partial charge in [-0.25, -0.2) is 0 Å². The fourth-order valence-electron chi connectivity index (χ4n) is 5.37. The average Bonchev–Trinajstić information content (AvgIpc) is 2.94. The second kappa shape index (κ2) is 8.98. The molecule has 0 atom stereocenters. The lowest BCUT2D eigenvalue weighted by Crippen LogP contribution is -1.91. The zero-order valence-electron chi connectivity index (χ0n) is 20.8. The van der Waals surface area contributed by atoms with E-state index in [0.717, 1.165) is 0 Å². The highest BCUT2D eigenvalue weighted by Gasteiger charge is 2.16. The van der Waals surface area contributed by atoms with Crippen molar-refractivity contribution in [2.45, 2.75) is 13.8 Å². The molecule has 0 N–H and O–H groups in total. The average molecular weight is 461 g/mol. The molecule has 6 aromatic rings. The van der Waals surface area contributed by atoms with E-state index in [0.29, 0.717) is 0 Å². The van der Waals surface area contributed by atoms with Gasteiger partial charge in [0, 0.05) is 0 Å². The highest BCUT2D eigenvalue weighted by atomic mass is 14.2. The van der Waals surface area contributed by atoms with Crippen molar-refractivity contribution in [2.24, 2.45) is 0 Å². The zero-order chi connectivity index (χ0) is 24.6. The molecule has 0 saturated carbocycles. The van der Waals surface area contributed by atoms with Gasteiger partial charge in [-0.05, 0) is 97.3 Å². The Kier molecular flexibility index (Phi) is 5.51. The maximum absolute atomic E-state index is 3.95. The summed E-state index contributed by atoms with van der Waals surface area (Å²) in [5, 5.41) is 7.63. The molecule has 172 valence electrons. The van der Waals surface area contributed by atoms with Crippen LogP contribution in [-0.2, 0) is 0 Å². The molecule has 0 bridgehead atoms. The van der Waals surface area contributed by atoms with Crippen LogP contribution in [0.4, 0.5) is 0 Å². The summed E-state index contributed by atoms with van der Waals surface area (Å²) in [4.78, 5) is 0. The lowest BCUT2D eigenvalue weighted by molar-refractivity contribution is 1.47. The van der Waals surface area contributed by atoms with E-state index in [1.807, 2.05) is 6.08 Å². The summed E-state index contributed by atoms with van der Waals surface area (Å²) in [6.07, 6.45) is 1.93. The van der Waals surface area contributed by atoms with Crippen molar-refractivity contribution in [3.05, 3.63) is 139 Å². The molecular weight excluding hydrogens is 432 g/mol. The number of rotatable bonds is 4. The van der Waals surface area contributed by atoms with Crippen LogP contribution >= 0.6 is 0 Å². The van der Waals surface area contributed by atoms with Crippen LogP contribution in [-0.4, -0.2) is 0 Å². The largest absolute Gasteiger partial charge is 0.0988 e. The van der Waals surface area contributed by atoms with Crippen molar-refractivity contribution in [1.29, 1.82) is 0 Å². The highest BCUT2D eigenvalue weighted by molar-refractivity contribution is 6.21. The minimum atomic E-state index is 1.21. The van der Waals surface area contributed by atoms with Gasteiger partial charge in [0.15, 0.2) is 0 Å². The molecular formula is C36H28. The standard InChI is InChI=1S/C36H28/c1-4-24(2)25(3)28-20-18-26-19-21-29(23-30(26)22-28)36-33-16-10-8-14-31(33)35(27-12-6-5-7-13-27)32-15-9-11-17-34(32)36/h4-23H,1H2,2-3H3/b25-24+. The molecule has 0 unspecified atom stereocenters. The minimum Gasteiger partial charge on any atom is -0.0988 e. The van der Waals surface area contributed by atoms with E-state index >= 15 is 0 Å². The smallest absolute Gasteiger partial charge is 0.00262 e. The van der Waals surface area contributed by atoms with Gasteiger partial charge in [0.1, 0.15) is 0 Å². The summed E-state index contributed by atoms with van der Waals surface area (Å²) >= 11 is 0. The first-order valence-electron chi connectivity index (χ1n) is 12.5. The van der Waals surface area contributed by atoms with Crippen LogP contribution in [0.5, 0.6) is 0 Å². The SMILES string of the molecule is C=C/C(C)=C(\C)c1ccc2ccc(-c3c4ccccc4c(-c4ccccc4)c4ccccc34)cc2c1. The molecule has 0 saturated heterocycles. The quantitative estimate of drug-likeness (QED) is 0.181. The Hall–Kier alpha value is -4.42. The van der Waals surface area contributed by atoms with E-state index < -0.39 is 0 Å². The molecule has 6 aromatic carbocycles. The minimum absolute atomic E-state index is 1.21. The molecule has 0 aliphatic rings.